The molecule has 0 aliphatic carbocycles. The molecule has 0 aromatic rings. The van der Waals surface area contributed by atoms with Gasteiger partial charge in [-0.15, -0.1) is 0 Å². The molecule has 0 aliphatic heterocycles. The number of aldehydes is 1. The molecule has 0 heterocycles. The van der Waals surface area contributed by atoms with Crippen molar-refractivity contribution in [2.24, 2.45) is 5.41 Å². The summed E-state index contributed by atoms with van der Waals surface area (Å²) in [5.41, 5.74) is -1.74. The maximum absolute atomic E-state index is 12.0. The zero-order valence-corrected chi connectivity index (χ0v) is 6.53. The molecule has 0 aromatic heterocycles. The summed E-state index contributed by atoms with van der Waals surface area (Å²) in [7, 11) is 0. The van der Waals surface area contributed by atoms with Crippen LogP contribution in [0.2, 0.25) is 0 Å². The molecular formula is C7H11F3O. The third-order valence-electron chi connectivity index (χ3n) is 1.65. The van der Waals surface area contributed by atoms with E-state index in [0.717, 1.165) is 13.8 Å². The molecule has 4 heteroatoms. The third kappa shape index (κ3) is 2.91. The van der Waals surface area contributed by atoms with E-state index in [2.05, 4.69) is 0 Å². The molecule has 11 heavy (non-hydrogen) atoms. The average Bonchev–Trinajstić information content (AvgIpc) is 1.81. The van der Waals surface area contributed by atoms with Crippen molar-refractivity contribution in [3.63, 3.8) is 0 Å². The highest BCUT2D eigenvalue weighted by molar-refractivity contribution is 5.49. The van der Waals surface area contributed by atoms with E-state index in [4.69, 9.17) is 0 Å². The number of hydrogen-bond acceptors (Lipinski definition) is 1. The quantitative estimate of drug-likeness (QED) is 0.592. The largest absolute Gasteiger partial charge is 0.393 e. The molecule has 0 N–H and O–H groups in total. The van der Waals surface area contributed by atoms with Crippen LogP contribution in [0.4, 0.5) is 13.2 Å². The molecule has 66 valence electrons. The van der Waals surface area contributed by atoms with Crippen molar-refractivity contribution in [2.45, 2.75) is 32.9 Å². The van der Waals surface area contributed by atoms with Crippen molar-refractivity contribution in [2.75, 3.05) is 0 Å². The Morgan fingerprint density at radius 2 is 1.73 bits per heavy atom. The second-order valence-corrected chi connectivity index (χ2v) is 3.09. The number of alkyl halides is 3. The molecule has 0 radical (unpaired) electrons. The van der Waals surface area contributed by atoms with Gasteiger partial charge in [0, 0.05) is 6.42 Å². The summed E-state index contributed by atoms with van der Waals surface area (Å²) in [6.07, 6.45) is -3.88. The summed E-state index contributed by atoms with van der Waals surface area (Å²) < 4.78 is 36.1. The van der Waals surface area contributed by atoms with Crippen molar-refractivity contribution in [3.8, 4) is 0 Å². The topological polar surface area (TPSA) is 17.1 Å². The fourth-order valence-corrected chi connectivity index (χ4v) is 0.562. The first kappa shape index (κ1) is 10.5. The van der Waals surface area contributed by atoms with Gasteiger partial charge in [-0.1, -0.05) is 13.8 Å². The fraction of sp³-hybridized carbons (Fsp3) is 0.857. The number of carbonyl (C=O) groups excluding carboxylic acids is 1. The van der Waals surface area contributed by atoms with Crippen LogP contribution >= 0.6 is 0 Å². The molecule has 0 atom stereocenters. The summed E-state index contributed by atoms with van der Waals surface area (Å²) in [6, 6.07) is 0. The van der Waals surface area contributed by atoms with E-state index in [0.29, 0.717) is 6.29 Å². The first-order valence-electron chi connectivity index (χ1n) is 3.31. The van der Waals surface area contributed by atoms with Gasteiger partial charge in [0.15, 0.2) is 0 Å². The zero-order valence-electron chi connectivity index (χ0n) is 6.53. The summed E-state index contributed by atoms with van der Waals surface area (Å²) in [5.74, 6) is 0. The van der Waals surface area contributed by atoms with Crippen molar-refractivity contribution < 1.29 is 18.0 Å². The van der Waals surface area contributed by atoms with Gasteiger partial charge in [-0.25, -0.2) is 0 Å². The molecule has 0 saturated carbocycles. The Morgan fingerprint density at radius 1 is 1.27 bits per heavy atom. The fourth-order valence-electron chi connectivity index (χ4n) is 0.562. The van der Waals surface area contributed by atoms with Crippen LogP contribution < -0.4 is 0 Å². The van der Waals surface area contributed by atoms with Crippen LogP contribution in [0.1, 0.15) is 26.7 Å². The third-order valence-corrected chi connectivity index (χ3v) is 1.65. The van der Waals surface area contributed by atoms with Crippen LogP contribution in [0.25, 0.3) is 0 Å². The van der Waals surface area contributed by atoms with Gasteiger partial charge < -0.3 is 4.79 Å². The standard InChI is InChI=1S/C7H11F3O/c1-6(2,4-3-5-11)7(8,9)10/h5H,3-4H2,1-2H3. The molecule has 0 spiro atoms. The summed E-state index contributed by atoms with van der Waals surface area (Å²) in [4.78, 5) is 9.81. The van der Waals surface area contributed by atoms with Crippen LogP contribution in [-0.4, -0.2) is 12.5 Å². The summed E-state index contributed by atoms with van der Waals surface area (Å²) in [5, 5.41) is 0. The number of carbonyl (C=O) groups is 1. The monoisotopic (exact) mass is 168 g/mol. The molecule has 0 saturated heterocycles. The molecule has 0 bridgehead atoms. The van der Waals surface area contributed by atoms with Crippen molar-refractivity contribution in [3.05, 3.63) is 0 Å². The van der Waals surface area contributed by atoms with Crippen molar-refractivity contribution in [1.29, 1.82) is 0 Å². The summed E-state index contributed by atoms with van der Waals surface area (Å²) >= 11 is 0. The number of rotatable bonds is 3. The second-order valence-electron chi connectivity index (χ2n) is 3.09. The Morgan fingerprint density at radius 3 is 2.00 bits per heavy atom. The highest BCUT2D eigenvalue weighted by Gasteiger charge is 2.46. The molecule has 0 fully saturated rings. The van der Waals surface area contributed by atoms with Crippen LogP contribution in [0.15, 0.2) is 0 Å². The van der Waals surface area contributed by atoms with Gasteiger partial charge in [0.2, 0.25) is 0 Å². The van der Waals surface area contributed by atoms with E-state index in [9.17, 15) is 18.0 Å². The molecule has 0 rings (SSSR count). The van der Waals surface area contributed by atoms with Crippen LogP contribution in [-0.2, 0) is 4.79 Å². The minimum atomic E-state index is -4.21. The van der Waals surface area contributed by atoms with Gasteiger partial charge in [0.1, 0.15) is 6.29 Å². The highest BCUT2D eigenvalue weighted by atomic mass is 19.4. The van der Waals surface area contributed by atoms with E-state index in [1.54, 1.807) is 0 Å². The Bertz CT molecular complexity index is 137. The van der Waals surface area contributed by atoms with E-state index in [-0.39, 0.29) is 12.8 Å². The first-order valence-corrected chi connectivity index (χ1v) is 3.31. The molecular weight excluding hydrogens is 157 g/mol. The maximum atomic E-state index is 12.0. The number of hydrogen-bond donors (Lipinski definition) is 0. The minimum Gasteiger partial charge on any atom is -0.303 e. The van der Waals surface area contributed by atoms with Crippen LogP contribution in [0, 0.1) is 5.41 Å². The molecule has 0 unspecified atom stereocenters. The Kier molecular flexibility index (Phi) is 3.08. The Labute approximate surface area is 63.6 Å². The van der Waals surface area contributed by atoms with Gasteiger partial charge >= 0.3 is 6.18 Å². The van der Waals surface area contributed by atoms with Crippen LogP contribution in [0.3, 0.4) is 0 Å². The van der Waals surface area contributed by atoms with Gasteiger partial charge in [-0.05, 0) is 6.42 Å². The Hall–Kier alpha value is -0.540. The smallest absolute Gasteiger partial charge is 0.303 e. The highest BCUT2D eigenvalue weighted by Crippen LogP contribution is 2.40. The van der Waals surface area contributed by atoms with E-state index in [1.165, 1.54) is 0 Å². The van der Waals surface area contributed by atoms with Crippen molar-refractivity contribution in [1.82, 2.24) is 0 Å². The minimum absolute atomic E-state index is 0.0352. The lowest BCUT2D eigenvalue weighted by Crippen LogP contribution is -2.31. The second kappa shape index (κ2) is 3.24. The zero-order chi connectivity index (χ0) is 9.12. The van der Waals surface area contributed by atoms with Gasteiger partial charge in [0.05, 0.1) is 5.41 Å². The first-order chi connectivity index (χ1) is 4.81. The lowest BCUT2D eigenvalue weighted by molar-refractivity contribution is -0.213. The van der Waals surface area contributed by atoms with Crippen LogP contribution in [0.5, 0.6) is 0 Å². The van der Waals surface area contributed by atoms with Gasteiger partial charge in [0.25, 0.3) is 0 Å². The van der Waals surface area contributed by atoms with E-state index < -0.39 is 11.6 Å². The predicted octanol–water partition coefficient (Wildman–Crippen LogP) is 2.55. The lowest BCUT2D eigenvalue weighted by Gasteiger charge is -2.26. The predicted molar refractivity (Wildman–Crippen MR) is 35.1 cm³/mol. The SMILES string of the molecule is CC(C)(CCC=O)C(F)(F)F. The lowest BCUT2D eigenvalue weighted by atomic mass is 9.87. The van der Waals surface area contributed by atoms with E-state index >= 15 is 0 Å². The molecule has 1 nitrogen and oxygen atoms in total. The maximum Gasteiger partial charge on any atom is 0.393 e. The van der Waals surface area contributed by atoms with E-state index in [1.807, 2.05) is 0 Å². The number of halogens is 3. The van der Waals surface area contributed by atoms with Gasteiger partial charge in [-0.2, -0.15) is 13.2 Å². The average molecular weight is 168 g/mol. The Balaban J connectivity index is 4.10. The van der Waals surface area contributed by atoms with Gasteiger partial charge in [-0.3, -0.25) is 0 Å². The molecule has 0 aromatic carbocycles. The molecule has 0 amide bonds. The normalized spacial score (nSPS) is 13.2. The summed E-state index contributed by atoms with van der Waals surface area (Å²) in [6.45, 7) is 2.19. The van der Waals surface area contributed by atoms with Crippen molar-refractivity contribution >= 4 is 6.29 Å². The molecule has 0 aliphatic rings.